The third-order valence-electron chi connectivity index (χ3n) is 5.39. The zero-order valence-corrected chi connectivity index (χ0v) is 19.6. The topological polar surface area (TPSA) is 66.0 Å². The maximum atomic E-state index is 12.3. The molecule has 2 N–H and O–H groups in total. The molecule has 0 radical (unpaired) electrons. The van der Waals surface area contributed by atoms with E-state index in [-0.39, 0.29) is 29.9 Å². The molecule has 0 bridgehead atoms. The van der Waals surface area contributed by atoms with Crippen molar-refractivity contribution in [1.29, 1.82) is 0 Å². The molecule has 2 aliphatic heterocycles. The van der Waals surface area contributed by atoms with Gasteiger partial charge in [0.25, 0.3) is 0 Å². The molecule has 0 aliphatic carbocycles. The van der Waals surface area contributed by atoms with Gasteiger partial charge in [0.05, 0.1) is 13.2 Å². The van der Waals surface area contributed by atoms with Crippen molar-refractivity contribution in [2.45, 2.75) is 25.7 Å². The first kappa shape index (κ1) is 23.7. The molecule has 7 heteroatoms. The predicted octanol–water partition coefficient (Wildman–Crippen LogP) is 2.60. The van der Waals surface area contributed by atoms with Gasteiger partial charge in [-0.2, -0.15) is 0 Å². The van der Waals surface area contributed by atoms with Crippen LogP contribution in [0, 0.1) is 5.92 Å². The molecule has 6 nitrogen and oxygen atoms in total. The number of likely N-dealkylation sites (tertiary alicyclic amines) is 1. The Morgan fingerprint density at radius 2 is 2.07 bits per heavy atom. The normalized spacial score (nSPS) is 19.6. The van der Waals surface area contributed by atoms with Crippen LogP contribution in [-0.2, 0) is 16.0 Å². The van der Waals surface area contributed by atoms with Crippen LogP contribution in [0.15, 0.2) is 47.0 Å². The van der Waals surface area contributed by atoms with Crippen molar-refractivity contribution in [1.82, 2.24) is 15.5 Å². The summed E-state index contributed by atoms with van der Waals surface area (Å²) in [5, 5.41) is 6.75. The first-order chi connectivity index (χ1) is 13.7. The van der Waals surface area contributed by atoms with Crippen molar-refractivity contribution >= 4 is 35.8 Å². The second-order valence-electron chi connectivity index (χ2n) is 7.46. The lowest BCUT2D eigenvalue weighted by Gasteiger charge is -2.18. The number of carbonyl (C=O) groups is 1. The maximum Gasteiger partial charge on any atom is 0.223 e. The number of hydrogen-bond acceptors (Lipinski definition) is 3. The van der Waals surface area contributed by atoms with E-state index in [2.05, 4.69) is 33.8 Å². The van der Waals surface area contributed by atoms with Crippen LogP contribution in [0.25, 0.3) is 0 Å². The average Bonchev–Trinajstić information content (AvgIpc) is 3.10. The third-order valence-corrected chi connectivity index (χ3v) is 5.39. The zero-order valence-electron chi connectivity index (χ0n) is 17.2. The Labute approximate surface area is 191 Å². The Bertz CT molecular complexity index is 693. The van der Waals surface area contributed by atoms with Crippen LogP contribution in [-0.4, -0.2) is 63.2 Å². The van der Waals surface area contributed by atoms with E-state index in [9.17, 15) is 4.79 Å². The molecule has 0 saturated carbocycles. The number of amides is 1. The summed E-state index contributed by atoms with van der Waals surface area (Å²) in [6.45, 7) is 4.81. The lowest BCUT2D eigenvalue weighted by Crippen LogP contribution is -2.40. The molecule has 1 amide bonds. The van der Waals surface area contributed by atoms with E-state index in [1.54, 1.807) is 7.05 Å². The number of hydrogen-bond donors (Lipinski definition) is 2. The fraction of sp³-hybridized carbons (Fsp3) is 0.545. The van der Waals surface area contributed by atoms with Gasteiger partial charge in [0.15, 0.2) is 5.96 Å². The van der Waals surface area contributed by atoms with E-state index >= 15 is 0 Å². The fourth-order valence-corrected chi connectivity index (χ4v) is 3.71. The predicted molar refractivity (Wildman–Crippen MR) is 128 cm³/mol. The standard InChI is InChI=1S/C22H32N4O2.HI/c1-23-22(24-11-7-19-9-13-28-14-10-19)25-16-20-15-21(27)26(17-20)12-8-18-5-3-2-4-6-18;/h2-6,9,20H,7-8,10-17H2,1H3,(H2,23,24,25);1H. The van der Waals surface area contributed by atoms with Gasteiger partial charge in [-0.05, 0) is 24.8 Å². The minimum absolute atomic E-state index is 0. The van der Waals surface area contributed by atoms with Crippen molar-refractivity contribution in [3.63, 3.8) is 0 Å². The molecule has 2 heterocycles. The van der Waals surface area contributed by atoms with Gasteiger partial charge in [0.2, 0.25) is 5.91 Å². The van der Waals surface area contributed by atoms with Crippen molar-refractivity contribution < 1.29 is 9.53 Å². The second kappa shape index (κ2) is 12.8. The van der Waals surface area contributed by atoms with Crippen LogP contribution < -0.4 is 10.6 Å². The van der Waals surface area contributed by atoms with Crippen LogP contribution in [0.1, 0.15) is 24.8 Å². The molecule has 1 saturated heterocycles. The van der Waals surface area contributed by atoms with Crippen molar-refractivity contribution in [3.8, 4) is 0 Å². The third kappa shape index (κ3) is 7.97. The summed E-state index contributed by atoms with van der Waals surface area (Å²) in [7, 11) is 1.79. The van der Waals surface area contributed by atoms with Crippen LogP contribution in [0.2, 0.25) is 0 Å². The number of nitrogens with zero attached hydrogens (tertiary/aromatic N) is 2. The van der Waals surface area contributed by atoms with E-state index in [1.165, 1.54) is 11.1 Å². The molecule has 1 aromatic rings. The van der Waals surface area contributed by atoms with Gasteiger partial charge in [0.1, 0.15) is 0 Å². The number of guanidine groups is 1. The van der Waals surface area contributed by atoms with Crippen LogP contribution in [0.3, 0.4) is 0 Å². The highest BCUT2D eigenvalue weighted by Gasteiger charge is 2.29. The molecule has 29 heavy (non-hydrogen) atoms. The Balaban J connectivity index is 0.00000300. The van der Waals surface area contributed by atoms with Crippen molar-refractivity contribution in [2.24, 2.45) is 10.9 Å². The Morgan fingerprint density at radius 3 is 2.79 bits per heavy atom. The van der Waals surface area contributed by atoms with Gasteiger partial charge in [-0.15, -0.1) is 24.0 Å². The number of nitrogens with one attached hydrogen (secondary N) is 2. The van der Waals surface area contributed by atoms with E-state index in [1.807, 2.05) is 23.1 Å². The molecule has 160 valence electrons. The summed E-state index contributed by atoms with van der Waals surface area (Å²) in [4.78, 5) is 18.6. The largest absolute Gasteiger partial charge is 0.377 e. The summed E-state index contributed by atoms with van der Waals surface area (Å²) in [5.41, 5.74) is 2.73. The number of benzene rings is 1. The highest BCUT2D eigenvalue weighted by Crippen LogP contribution is 2.17. The molecular weight excluding hydrogens is 479 g/mol. The number of carbonyl (C=O) groups excluding carboxylic acids is 1. The lowest BCUT2D eigenvalue weighted by atomic mass is 10.1. The maximum absolute atomic E-state index is 12.3. The number of rotatable bonds is 8. The van der Waals surface area contributed by atoms with Gasteiger partial charge in [0, 0.05) is 45.6 Å². The Hall–Kier alpha value is -1.61. The van der Waals surface area contributed by atoms with Gasteiger partial charge < -0.3 is 20.3 Å². The minimum Gasteiger partial charge on any atom is -0.377 e. The van der Waals surface area contributed by atoms with Crippen LogP contribution >= 0.6 is 24.0 Å². The molecule has 2 aliphatic rings. The van der Waals surface area contributed by atoms with Crippen LogP contribution in [0.5, 0.6) is 0 Å². The molecule has 1 fully saturated rings. The first-order valence-corrected chi connectivity index (χ1v) is 10.3. The number of ether oxygens (including phenoxy) is 1. The van der Waals surface area contributed by atoms with Gasteiger partial charge in [-0.25, -0.2) is 0 Å². The second-order valence-corrected chi connectivity index (χ2v) is 7.46. The number of halogens is 1. The molecule has 1 unspecified atom stereocenters. The molecule has 3 rings (SSSR count). The zero-order chi connectivity index (χ0) is 19.6. The van der Waals surface area contributed by atoms with Crippen molar-refractivity contribution in [3.05, 3.63) is 47.5 Å². The van der Waals surface area contributed by atoms with Gasteiger partial charge >= 0.3 is 0 Å². The monoisotopic (exact) mass is 512 g/mol. The highest BCUT2D eigenvalue weighted by atomic mass is 127. The quantitative estimate of drug-likeness (QED) is 0.243. The Morgan fingerprint density at radius 1 is 1.24 bits per heavy atom. The molecule has 0 aromatic heterocycles. The Kier molecular flexibility index (Phi) is 10.5. The van der Waals surface area contributed by atoms with Gasteiger partial charge in [-0.1, -0.05) is 42.0 Å². The number of aliphatic imine (C=N–C) groups is 1. The van der Waals surface area contributed by atoms with Gasteiger partial charge in [-0.3, -0.25) is 9.79 Å². The molecule has 0 spiro atoms. The summed E-state index contributed by atoms with van der Waals surface area (Å²) in [6, 6.07) is 10.3. The summed E-state index contributed by atoms with van der Waals surface area (Å²) >= 11 is 0. The van der Waals surface area contributed by atoms with Crippen LogP contribution in [0.4, 0.5) is 0 Å². The SMILES string of the molecule is CN=C(NCCC1=CCOCC1)NCC1CC(=O)N(CCc2ccccc2)C1.I. The summed E-state index contributed by atoms with van der Waals surface area (Å²) in [6.07, 6.45) is 5.74. The molecule has 1 aromatic carbocycles. The van der Waals surface area contributed by atoms with E-state index in [0.29, 0.717) is 12.3 Å². The van der Waals surface area contributed by atoms with Crippen molar-refractivity contribution in [2.75, 3.05) is 46.4 Å². The van der Waals surface area contributed by atoms with E-state index in [4.69, 9.17) is 4.74 Å². The van der Waals surface area contributed by atoms with E-state index < -0.39 is 0 Å². The highest BCUT2D eigenvalue weighted by molar-refractivity contribution is 14.0. The fourth-order valence-electron chi connectivity index (χ4n) is 3.71. The average molecular weight is 512 g/mol. The molecular formula is C22H33IN4O2. The first-order valence-electron chi connectivity index (χ1n) is 10.3. The molecule has 1 atom stereocenters. The summed E-state index contributed by atoms with van der Waals surface area (Å²) in [5.74, 6) is 1.40. The lowest BCUT2D eigenvalue weighted by molar-refractivity contribution is -0.127. The minimum atomic E-state index is 0. The smallest absolute Gasteiger partial charge is 0.223 e. The van der Waals surface area contributed by atoms with E-state index in [0.717, 1.165) is 64.6 Å². The summed E-state index contributed by atoms with van der Waals surface area (Å²) < 4.78 is 5.34.